The number of carboxylic acid groups (broad SMARTS) is 2. The van der Waals surface area contributed by atoms with Crippen molar-refractivity contribution in [2.24, 2.45) is 0 Å². The number of nitrogens with one attached hydrogen (secondary N) is 2. The van der Waals surface area contributed by atoms with E-state index >= 15 is 0 Å². The van der Waals surface area contributed by atoms with Crippen LogP contribution in [0, 0.1) is 13.8 Å². The topological polar surface area (TPSA) is 112 Å². The largest absolute Gasteiger partial charge is 0.543 e. The molecule has 0 amide bonds. The first kappa shape index (κ1) is 20.8. The maximum Gasteiger partial charge on any atom is 0.0880 e. The molecule has 0 saturated carbocycles. The number of carbonyl (C=O) groups is 2. The van der Waals surface area contributed by atoms with E-state index in [0.717, 1.165) is 22.5 Å². The van der Waals surface area contributed by atoms with E-state index in [9.17, 15) is 19.8 Å². The van der Waals surface area contributed by atoms with Gasteiger partial charge in [-0.3, -0.25) is 0 Å². The summed E-state index contributed by atoms with van der Waals surface area (Å²) in [4.78, 5) is 29.4. The van der Waals surface area contributed by atoms with Crippen molar-refractivity contribution >= 4 is 11.9 Å². The summed E-state index contributed by atoms with van der Waals surface area (Å²) in [7, 11) is 0. The molecule has 2 aromatic rings. The number of aromatic carboxylic acids is 2. The van der Waals surface area contributed by atoms with Gasteiger partial charge in [-0.15, -0.1) is 0 Å². The van der Waals surface area contributed by atoms with Crippen LogP contribution < -0.4 is 10.2 Å². The molecule has 0 saturated heterocycles. The maximum absolute atomic E-state index is 11.6. The van der Waals surface area contributed by atoms with Crippen molar-refractivity contribution in [2.45, 2.75) is 72.6 Å². The lowest BCUT2D eigenvalue weighted by Gasteiger charge is -2.33. The van der Waals surface area contributed by atoms with Crippen molar-refractivity contribution in [3.63, 3.8) is 0 Å². The zero-order valence-corrected chi connectivity index (χ0v) is 17.0. The second kappa shape index (κ2) is 7.62. The number of aromatic nitrogens is 2. The molecule has 0 radical (unpaired) electrons. The van der Waals surface area contributed by atoms with Gasteiger partial charge in [-0.25, -0.2) is 0 Å². The van der Waals surface area contributed by atoms with Gasteiger partial charge >= 0.3 is 0 Å². The second-order valence-corrected chi connectivity index (χ2v) is 7.03. The van der Waals surface area contributed by atoms with Crippen LogP contribution in [0.3, 0.4) is 0 Å². The van der Waals surface area contributed by atoms with Gasteiger partial charge in [0.15, 0.2) is 0 Å². The van der Waals surface area contributed by atoms with Gasteiger partial charge in [0, 0.05) is 11.4 Å². The molecule has 0 unspecified atom stereocenters. The fourth-order valence-corrected chi connectivity index (χ4v) is 4.46. The Balaban J connectivity index is 2.89. The standard InChI is InChI=1S/C21H30N2O4/c1-7-13-11(5)15(19(24)25)22-17(13)21(9-3,10-4)18-14(8-2)12(6)16(23-18)20(26)27/h22-23H,7-10H2,1-6H3,(H,24,25)(H,26,27)/p-2. The third kappa shape index (κ3) is 3.07. The summed E-state index contributed by atoms with van der Waals surface area (Å²) in [5, 5.41) is 23.2. The van der Waals surface area contributed by atoms with E-state index in [0.29, 0.717) is 36.8 Å². The Labute approximate surface area is 160 Å². The van der Waals surface area contributed by atoms with Crippen LogP contribution in [0.4, 0.5) is 0 Å². The number of rotatable bonds is 8. The van der Waals surface area contributed by atoms with Gasteiger partial charge in [0.1, 0.15) is 0 Å². The van der Waals surface area contributed by atoms with Crippen LogP contribution >= 0.6 is 0 Å². The highest BCUT2D eigenvalue weighted by atomic mass is 16.4. The molecule has 0 bridgehead atoms. The molecule has 2 N–H and O–H groups in total. The van der Waals surface area contributed by atoms with Crippen LogP contribution in [0.2, 0.25) is 0 Å². The van der Waals surface area contributed by atoms with E-state index in [-0.39, 0.29) is 11.4 Å². The lowest BCUT2D eigenvalue weighted by Crippen LogP contribution is -2.31. The highest BCUT2D eigenvalue weighted by molar-refractivity contribution is 5.87. The van der Waals surface area contributed by atoms with Crippen molar-refractivity contribution in [3.8, 4) is 0 Å². The van der Waals surface area contributed by atoms with Crippen LogP contribution in [0.25, 0.3) is 0 Å². The molecular weight excluding hydrogens is 344 g/mol. The van der Waals surface area contributed by atoms with Crippen molar-refractivity contribution < 1.29 is 19.8 Å². The first-order valence-corrected chi connectivity index (χ1v) is 9.56. The number of hydrogen-bond acceptors (Lipinski definition) is 4. The molecule has 2 heterocycles. The third-order valence-corrected chi connectivity index (χ3v) is 6.04. The van der Waals surface area contributed by atoms with Crippen LogP contribution in [-0.2, 0) is 18.3 Å². The molecule has 2 rings (SSSR count). The van der Waals surface area contributed by atoms with Gasteiger partial charge in [0.25, 0.3) is 0 Å². The van der Waals surface area contributed by atoms with Gasteiger partial charge in [-0.2, -0.15) is 0 Å². The quantitative estimate of drug-likeness (QED) is 0.737. The predicted octanol–water partition coefficient (Wildman–Crippen LogP) is 1.92. The van der Waals surface area contributed by atoms with Gasteiger partial charge < -0.3 is 29.8 Å². The van der Waals surface area contributed by atoms with E-state index in [1.54, 1.807) is 13.8 Å². The zero-order valence-electron chi connectivity index (χ0n) is 17.0. The number of hydrogen-bond donors (Lipinski definition) is 2. The molecule has 6 heteroatoms. The lowest BCUT2D eigenvalue weighted by atomic mass is 9.72. The Morgan fingerprint density at radius 2 is 1.11 bits per heavy atom. The highest BCUT2D eigenvalue weighted by Gasteiger charge is 2.39. The monoisotopic (exact) mass is 372 g/mol. The summed E-state index contributed by atoms with van der Waals surface area (Å²) in [6, 6.07) is 0. The number of carbonyl (C=O) groups excluding carboxylic acids is 2. The van der Waals surface area contributed by atoms with E-state index in [2.05, 4.69) is 9.97 Å². The van der Waals surface area contributed by atoms with Gasteiger partial charge in [-0.1, -0.05) is 27.7 Å². The van der Waals surface area contributed by atoms with E-state index in [1.165, 1.54) is 0 Å². The van der Waals surface area contributed by atoms with E-state index in [1.807, 2.05) is 27.7 Å². The minimum atomic E-state index is -1.23. The molecule has 0 aliphatic rings. The summed E-state index contributed by atoms with van der Waals surface area (Å²) in [5.74, 6) is -2.47. The Hall–Kier alpha value is -2.50. The van der Waals surface area contributed by atoms with Crippen LogP contribution in [0.1, 0.15) is 95.2 Å². The summed E-state index contributed by atoms with van der Waals surface area (Å²) < 4.78 is 0. The fourth-order valence-electron chi connectivity index (χ4n) is 4.46. The Kier molecular flexibility index (Phi) is 5.88. The summed E-state index contributed by atoms with van der Waals surface area (Å²) in [6.07, 6.45) is 2.70. The molecule has 0 aliphatic heterocycles. The van der Waals surface area contributed by atoms with E-state index in [4.69, 9.17) is 0 Å². The molecule has 148 valence electrons. The first-order chi connectivity index (χ1) is 12.7. The van der Waals surface area contributed by atoms with Crippen molar-refractivity contribution in [1.29, 1.82) is 0 Å². The normalized spacial score (nSPS) is 11.8. The smallest absolute Gasteiger partial charge is 0.0880 e. The molecule has 0 spiro atoms. The van der Waals surface area contributed by atoms with Crippen molar-refractivity contribution in [3.05, 3.63) is 45.0 Å². The molecule has 6 nitrogen and oxygen atoms in total. The van der Waals surface area contributed by atoms with Gasteiger partial charge in [0.05, 0.1) is 28.7 Å². The lowest BCUT2D eigenvalue weighted by molar-refractivity contribution is -0.256. The summed E-state index contributed by atoms with van der Waals surface area (Å²) >= 11 is 0. The Bertz CT molecular complexity index is 801. The number of H-pyrrole nitrogens is 2. The minimum absolute atomic E-state index is 0.0922. The first-order valence-electron chi connectivity index (χ1n) is 9.56. The third-order valence-electron chi connectivity index (χ3n) is 6.04. The fraction of sp³-hybridized carbons (Fsp3) is 0.524. The Morgan fingerprint density at radius 1 is 0.778 bits per heavy atom. The van der Waals surface area contributed by atoms with Crippen LogP contribution in [0.5, 0.6) is 0 Å². The Morgan fingerprint density at radius 3 is 1.33 bits per heavy atom. The molecule has 2 aromatic heterocycles. The number of aromatic amines is 2. The predicted molar refractivity (Wildman–Crippen MR) is 99.8 cm³/mol. The van der Waals surface area contributed by atoms with Crippen molar-refractivity contribution in [2.75, 3.05) is 0 Å². The van der Waals surface area contributed by atoms with Crippen molar-refractivity contribution in [1.82, 2.24) is 9.97 Å². The molecule has 0 aromatic carbocycles. The minimum Gasteiger partial charge on any atom is -0.543 e. The summed E-state index contributed by atoms with van der Waals surface area (Å²) in [6.45, 7) is 11.6. The molecule has 27 heavy (non-hydrogen) atoms. The summed E-state index contributed by atoms with van der Waals surface area (Å²) in [5.41, 5.74) is 4.54. The molecule has 0 aliphatic carbocycles. The zero-order chi connectivity index (χ0) is 20.5. The van der Waals surface area contributed by atoms with E-state index < -0.39 is 17.4 Å². The maximum atomic E-state index is 11.6. The SMILES string of the molecule is CCc1c(C(CC)(CC)c2[nH]c(C(=O)[O-])c(C)c2CC)[nH]c(C(=O)[O-])c1C. The van der Waals surface area contributed by atoms with Gasteiger partial charge in [-0.05, 0) is 61.8 Å². The van der Waals surface area contributed by atoms with Crippen LogP contribution in [0.15, 0.2) is 0 Å². The average Bonchev–Trinajstić information content (AvgIpc) is 3.14. The van der Waals surface area contributed by atoms with Gasteiger partial charge in [0.2, 0.25) is 0 Å². The molecule has 0 fully saturated rings. The van der Waals surface area contributed by atoms with Crippen LogP contribution in [-0.4, -0.2) is 21.9 Å². The molecule has 0 atom stereocenters. The second-order valence-electron chi connectivity index (χ2n) is 7.03. The number of carboxylic acids is 2. The highest BCUT2D eigenvalue weighted by Crippen LogP contribution is 2.43. The average molecular weight is 372 g/mol. The molecular formula is C21H28N2O4-2.